The van der Waals surface area contributed by atoms with Crippen LogP contribution in [0, 0.1) is 0 Å². The van der Waals surface area contributed by atoms with Crippen LogP contribution in [0.1, 0.15) is 11.1 Å². The lowest BCUT2D eigenvalue weighted by molar-refractivity contribution is -0.127. The number of hydrogen-bond donors (Lipinski definition) is 1. The highest BCUT2D eigenvalue weighted by Crippen LogP contribution is 2.38. The Morgan fingerprint density at radius 1 is 1.03 bits per heavy atom. The second kappa shape index (κ2) is 11.9. The number of nitrogens with one attached hydrogen (secondary N) is 1. The average molecular weight is 578 g/mol. The molecule has 37 heavy (non-hydrogen) atoms. The van der Waals surface area contributed by atoms with Crippen molar-refractivity contribution in [2.75, 3.05) is 19.0 Å². The molecule has 0 bridgehead atoms. The molecule has 3 amide bonds. The molecule has 1 aliphatic heterocycles. The van der Waals surface area contributed by atoms with Crippen molar-refractivity contribution in [3.05, 3.63) is 91.8 Å². The molecular weight excluding hydrogens is 559 g/mol. The Morgan fingerprint density at radius 3 is 2.51 bits per heavy atom. The van der Waals surface area contributed by atoms with Crippen LogP contribution in [0.5, 0.6) is 11.5 Å². The Morgan fingerprint density at radius 2 is 1.78 bits per heavy atom. The first-order chi connectivity index (χ1) is 17.7. The lowest BCUT2D eigenvalue weighted by Gasteiger charge is -2.15. The van der Waals surface area contributed by atoms with Crippen molar-refractivity contribution in [3.8, 4) is 11.5 Å². The Kier molecular flexibility index (Phi) is 8.66. The number of ether oxygens (including phenoxy) is 2. The molecule has 0 atom stereocenters. The van der Waals surface area contributed by atoms with E-state index in [4.69, 9.17) is 44.3 Å². The molecule has 11 heteroatoms. The van der Waals surface area contributed by atoms with E-state index in [9.17, 15) is 14.4 Å². The molecule has 1 heterocycles. The SMILES string of the molecule is COc1cccc(/C=C2/SC(=O)N(CC(=O)Nc3cccc(Cl)c3)C2=O)c1OCc1ccc(Cl)cc1Cl. The van der Waals surface area contributed by atoms with Gasteiger partial charge >= 0.3 is 0 Å². The van der Waals surface area contributed by atoms with E-state index < -0.39 is 23.6 Å². The maximum atomic E-state index is 13.0. The van der Waals surface area contributed by atoms with Crippen LogP contribution in [0.15, 0.2) is 65.6 Å². The minimum Gasteiger partial charge on any atom is -0.493 e. The van der Waals surface area contributed by atoms with Crippen molar-refractivity contribution in [2.45, 2.75) is 6.61 Å². The molecule has 1 N–H and O–H groups in total. The fraction of sp³-hybridized carbons (Fsp3) is 0.115. The highest BCUT2D eigenvalue weighted by Gasteiger charge is 2.36. The summed E-state index contributed by atoms with van der Waals surface area (Å²) in [4.78, 5) is 39.0. The van der Waals surface area contributed by atoms with Crippen LogP contribution < -0.4 is 14.8 Å². The highest BCUT2D eigenvalue weighted by atomic mass is 35.5. The molecule has 0 aromatic heterocycles. The van der Waals surface area contributed by atoms with Crippen LogP contribution in [-0.4, -0.2) is 35.6 Å². The third-order valence-electron chi connectivity index (χ3n) is 5.19. The Bertz CT molecular complexity index is 1410. The van der Waals surface area contributed by atoms with E-state index in [0.717, 1.165) is 16.7 Å². The van der Waals surface area contributed by atoms with Gasteiger partial charge in [0.25, 0.3) is 11.1 Å². The number of thioether (sulfide) groups is 1. The summed E-state index contributed by atoms with van der Waals surface area (Å²) in [7, 11) is 1.49. The summed E-state index contributed by atoms with van der Waals surface area (Å²) in [5, 5.41) is 3.46. The molecule has 7 nitrogen and oxygen atoms in total. The van der Waals surface area contributed by atoms with Gasteiger partial charge < -0.3 is 14.8 Å². The molecule has 0 unspecified atom stereocenters. The standard InChI is InChI=1S/C26H19Cl3N2O5S/c1-35-21-7-2-4-15(24(21)36-14-16-8-9-18(28)12-20(16)29)10-22-25(33)31(26(34)37-22)13-23(32)30-19-6-3-5-17(27)11-19/h2-12H,13-14H2,1H3,(H,30,32)/b22-10+. The zero-order chi connectivity index (χ0) is 26.5. The van der Waals surface area contributed by atoms with E-state index in [1.54, 1.807) is 60.7 Å². The van der Waals surface area contributed by atoms with Gasteiger partial charge in [0.05, 0.1) is 12.0 Å². The van der Waals surface area contributed by atoms with Crippen LogP contribution in [0.25, 0.3) is 6.08 Å². The summed E-state index contributed by atoms with van der Waals surface area (Å²) in [6, 6.07) is 16.8. The molecule has 1 aliphatic rings. The number of imide groups is 1. The van der Waals surface area contributed by atoms with Crippen molar-refractivity contribution >= 4 is 75.4 Å². The average Bonchev–Trinajstić information content (AvgIpc) is 3.11. The quantitative estimate of drug-likeness (QED) is 0.293. The van der Waals surface area contributed by atoms with Gasteiger partial charge in [0.1, 0.15) is 13.2 Å². The zero-order valence-corrected chi connectivity index (χ0v) is 22.4. The van der Waals surface area contributed by atoms with E-state index >= 15 is 0 Å². The Hall–Kier alpha value is -3.17. The molecular formula is C26H19Cl3N2O5S. The molecule has 0 spiro atoms. The van der Waals surface area contributed by atoms with Gasteiger partial charge in [-0.25, -0.2) is 0 Å². The van der Waals surface area contributed by atoms with Crippen molar-refractivity contribution in [1.29, 1.82) is 0 Å². The number of rotatable bonds is 8. The molecule has 3 aromatic rings. The van der Waals surface area contributed by atoms with Crippen LogP contribution in [-0.2, 0) is 16.2 Å². The van der Waals surface area contributed by atoms with Crippen LogP contribution in [0.4, 0.5) is 10.5 Å². The van der Waals surface area contributed by atoms with E-state index in [0.29, 0.717) is 43.4 Å². The maximum Gasteiger partial charge on any atom is 0.294 e. The first kappa shape index (κ1) is 26.9. The number of hydrogen-bond acceptors (Lipinski definition) is 6. The summed E-state index contributed by atoms with van der Waals surface area (Å²) in [6.07, 6.45) is 1.53. The summed E-state index contributed by atoms with van der Waals surface area (Å²) in [5.74, 6) is -0.331. The molecule has 3 aromatic carbocycles. The number of amides is 3. The lowest BCUT2D eigenvalue weighted by atomic mass is 10.1. The van der Waals surface area contributed by atoms with Crippen molar-refractivity contribution in [3.63, 3.8) is 0 Å². The molecule has 1 fully saturated rings. The van der Waals surface area contributed by atoms with E-state index in [-0.39, 0.29) is 11.5 Å². The normalized spacial score (nSPS) is 14.3. The first-order valence-corrected chi connectivity index (χ1v) is 12.7. The maximum absolute atomic E-state index is 13.0. The molecule has 0 saturated carbocycles. The van der Waals surface area contributed by atoms with Crippen molar-refractivity contribution in [1.82, 2.24) is 4.90 Å². The molecule has 190 valence electrons. The third kappa shape index (κ3) is 6.59. The van der Waals surface area contributed by atoms with Gasteiger partial charge in [-0.15, -0.1) is 0 Å². The van der Waals surface area contributed by atoms with E-state index in [1.807, 2.05) is 0 Å². The lowest BCUT2D eigenvalue weighted by Crippen LogP contribution is -2.36. The van der Waals surface area contributed by atoms with Gasteiger partial charge in [-0.05, 0) is 54.2 Å². The summed E-state index contributed by atoms with van der Waals surface area (Å²) in [6.45, 7) is -0.326. The van der Waals surface area contributed by atoms with Crippen molar-refractivity contribution < 1.29 is 23.9 Å². The Balaban J connectivity index is 1.52. The molecule has 1 saturated heterocycles. The summed E-state index contributed by atoms with van der Waals surface area (Å²) < 4.78 is 11.4. The predicted octanol–water partition coefficient (Wildman–Crippen LogP) is 6.91. The van der Waals surface area contributed by atoms with Gasteiger partial charge in [-0.2, -0.15) is 0 Å². The monoisotopic (exact) mass is 576 g/mol. The minimum absolute atomic E-state index is 0.113. The van der Waals surface area contributed by atoms with Gasteiger partial charge in [0.2, 0.25) is 5.91 Å². The number of halogens is 3. The molecule has 0 radical (unpaired) electrons. The second-order valence-corrected chi connectivity index (χ2v) is 10.0. The minimum atomic E-state index is -0.592. The fourth-order valence-corrected chi connectivity index (χ4v) is 4.92. The Labute approximate surface area is 232 Å². The summed E-state index contributed by atoms with van der Waals surface area (Å²) in [5.41, 5.74) is 1.67. The van der Waals surface area contributed by atoms with Crippen LogP contribution >= 0.6 is 46.6 Å². The third-order valence-corrected chi connectivity index (χ3v) is 6.92. The van der Waals surface area contributed by atoms with Crippen molar-refractivity contribution in [2.24, 2.45) is 0 Å². The van der Waals surface area contributed by atoms with Crippen LogP contribution in [0.3, 0.4) is 0 Å². The number of nitrogens with zero attached hydrogens (tertiary/aromatic N) is 1. The van der Waals surface area contributed by atoms with Gasteiger partial charge in [0.15, 0.2) is 11.5 Å². The largest absolute Gasteiger partial charge is 0.493 e. The second-order valence-electron chi connectivity index (χ2n) is 7.73. The van der Waals surface area contributed by atoms with Crippen LogP contribution in [0.2, 0.25) is 15.1 Å². The number of carbonyl (C=O) groups is 3. The zero-order valence-electron chi connectivity index (χ0n) is 19.3. The fourth-order valence-electron chi connectivity index (χ4n) is 3.44. The predicted molar refractivity (Wildman–Crippen MR) is 147 cm³/mol. The number of carbonyl (C=O) groups excluding carboxylic acids is 3. The van der Waals surface area contributed by atoms with Gasteiger partial charge in [0, 0.05) is 31.9 Å². The van der Waals surface area contributed by atoms with E-state index in [2.05, 4.69) is 5.32 Å². The topological polar surface area (TPSA) is 84.9 Å². The number of para-hydroxylation sites is 1. The van der Waals surface area contributed by atoms with Gasteiger partial charge in [-0.1, -0.05) is 59.1 Å². The first-order valence-electron chi connectivity index (χ1n) is 10.8. The smallest absolute Gasteiger partial charge is 0.294 e. The number of benzene rings is 3. The molecule has 0 aliphatic carbocycles. The molecule has 4 rings (SSSR count). The number of anilines is 1. The number of methoxy groups -OCH3 is 1. The van der Waals surface area contributed by atoms with E-state index in [1.165, 1.54) is 13.2 Å². The highest BCUT2D eigenvalue weighted by molar-refractivity contribution is 8.18. The summed E-state index contributed by atoms with van der Waals surface area (Å²) >= 11 is 18.9. The van der Waals surface area contributed by atoms with Gasteiger partial charge in [-0.3, -0.25) is 19.3 Å².